The molecule has 1 aromatic carbocycles. The molecule has 0 atom stereocenters. The Morgan fingerprint density at radius 1 is 1.33 bits per heavy atom. The minimum absolute atomic E-state index is 0.186. The van der Waals surface area contributed by atoms with Gasteiger partial charge in [0.1, 0.15) is 5.75 Å². The van der Waals surface area contributed by atoms with Crippen LogP contribution in [0, 0.1) is 19.8 Å². The van der Waals surface area contributed by atoms with Crippen molar-refractivity contribution in [3.05, 3.63) is 27.2 Å². The highest BCUT2D eigenvalue weighted by Crippen LogP contribution is 2.37. The van der Waals surface area contributed by atoms with E-state index in [9.17, 15) is 4.79 Å². The molecule has 98 valence electrons. The molecule has 2 nitrogen and oxygen atoms in total. The average molecular weight is 311 g/mol. The average Bonchev–Trinajstić information content (AvgIpc) is 2.86. The fourth-order valence-corrected chi connectivity index (χ4v) is 3.34. The van der Waals surface area contributed by atoms with Gasteiger partial charge in [0, 0.05) is 10.4 Å². The summed E-state index contributed by atoms with van der Waals surface area (Å²) in [6.45, 7) is 3.96. The SMILES string of the molecule is COc1c(C)cc(Br)c(C)c1C(=O)C1CCCC1. The fourth-order valence-electron chi connectivity index (χ4n) is 2.80. The summed E-state index contributed by atoms with van der Waals surface area (Å²) >= 11 is 3.53. The van der Waals surface area contributed by atoms with Gasteiger partial charge in [0.2, 0.25) is 0 Å². The van der Waals surface area contributed by atoms with Crippen molar-refractivity contribution < 1.29 is 9.53 Å². The van der Waals surface area contributed by atoms with E-state index in [1.165, 1.54) is 12.8 Å². The summed E-state index contributed by atoms with van der Waals surface area (Å²) in [6.07, 6.45) is 4.38. The van der Waals surface area contributed by atoms with Crippen LogP contribution in [0.5, 0.6) is 5.75 Å². The van der Waals surface area contributed by atoms with E-state index in [1.807, 2.05) is 19.9 Å². The second kappa shape index (κ2) is 5.43. The molecule has 0 spiro atoms. The number of ether oxygens (including phenoxy) is 1. The molecule has 1 aliphatic rings. The highest BCUT2D eigenvalue weighted by molar-refractivity contribution is 9.10. The van der Waals surface area contributed by atoms with Gasteiger partial charge in [-0.3, -0.25) is 4.79 Å². The number of rotatable bonds is 3. The second-order valence-electron chi connectivity index (χ2n) is 5.05. The molecule has 1 aliphatic carbocycles. The van der Waals surface area contributed by atoms with Gasteiger partial charge in [0.05, 0.1) is 12.7 Å². The van der Waals surface area contributed by atoms with Crippen LogP contribution in [-0.2, 0) is 0 Å². The van der Waals surface area contributed by atoms with Crippen LogP contribution in [-0.4, -0.2) is 12.9 Å². The minimum Gasteiger partial charge on any atom is -0.496 e. The minimum atomic E-state index is 0.186. The molecule has 1 fully saturated rings. The lowest BCUT2D eigenvalue weighted by Crippen LogP contribution is -2.15. The van der Waals surface area contributed by atoms with Crippen LogP contribution in [0.25, 0.3) is 0 Å². The van der Waals surface area contributed by atoms with Crippen LogP contribution in [0.1, 0.15) is 47.2 Å². The number of halogens is 1. The van der Waals surface area contributed by atoms with Gasteiger partial charge < -0.3 is 4.74 Å². The first-order valence-electron chi connectivity index (χ1n) is 6.44. The predicted octanol–water partition coefficient (Wildman–Crippen LogP) is 4.45. The molecule has 0 aromatic heterocycles. The number of methoxy groups -OCH3 is 1. The van der Waals surface area contributed by atoms with Crippen molar-refractivity contribution in [1.82, 2.24) is 0 Å². The normalized spacial score (nSPS) is 16.0. The molecule has 0 unspecified atom stereocenters. The van der Waals surface area contributed by atoms with Crippen molar-refractivity contribution in [3.8, 4) is 5.75 Å². The van der Waals surface area contributed by atoms with Crippen LogP contribution >= 0.6 is 15.9 Å². The number of carbonyl (C=O) groups excluding carboxylic acids is 1. The molecule has 0 saturated heterocycles. The summed E-state index contributed by atoms with van der Waals surface area (Å²) in [7, 11) is 1.64. The van der Waals surface area contributed by atoms with Gasteiger partial charge in [0.25, 0.3) is 0 Å². The van der Waals surface area contributed by atoms with Crippen molar-refractivity contribution in [3.63, 3.8) is 0 Å². The Morgan fingerprint density at radius 2 is 1.94 bits per heavy atom. The molecule has 18 heavy (non-hydrogen) atoms. The zero-order chi connectivity index (χ0) is 13.3. The maximum atomic E-state index is 12.7. The predicted molar refractivity (Wildman–Crippen MR) is 76.5 cm³/mol. The van der Waals surface area contributed by atoms with Crippen molar-refractivity contribution in [2.45, 2.75) is 39.5 Å². The standard InChI is InChI=1S/C15H19BrO2/c1-9-8-12(16)10(2)13(15(9)18-3)14(17)11-6-4-5-7-11/h8,11H,4-7H2,1-3H3. The number of hydrogen-bond acceptors (Lipinski definition) is 2. The number of ketones is 1. The third kappa shape index (κ3) is 2.33. The summed E-state index contributed by atoms with van der Waals surface area (Å²) < 4.78 is 6.44. The second-order valence-corrected chi connectivity index (χ2v) is 5.91. The zero-order valence-electron chi connectivity index (χ0n) is 11.2. The largest absolute Gasteiger partial charge is 0.496 e. The van der Waals surface area contributed by atoms with Crippen molar-refractivity contribution in [2.75, 3.05) is 7.11 Å². The molecular weight excluding hydrogens is 292 g/mol. The number of benzene rings is 1. The van der Waals surface area contributed by atoms with Crippen molar-refractivity contribution in [2.24, 2.45) is 5.92 Å². The lowest BCUT2D eigenvalue weighted by Gasteiger charge is -2.17. The van der Waals surface area contributed by atoms with E-state index in [0.29, 0.717) is 0 Å². The van der Waals surface area contributed by atoms with E-state index in [2.05, 4.69) is 15.9 Å². The Labute approximate surface area is 117 Å². The molecule has 0 heterocycles. The molecule has 1 saturated carbocycles. The number of hydrogen-bond donors (Lipinski definition) is 0. The van der Waals surface area contributed by atoms with Gasteiger partial charge in [-0.1, -0.05) is 28.8 Å². The summed E-state index contributed by atoms with van der Waals surface area (Å²) in [5, 5.41) is 0. The van der Waals surface area contributed by atoms with E-state index >= 15 is 0 Å². The molecule has 0 amide bonds. The van der Waals surface area contributed by atoms with Gasteiger partial charge in [-0.15, -0.1) is 0 Å². The number of Topliss-reactive ketones (excluding diaryl/α,β-unsaturated/α-hetero) is 1. The highest BCUT2D eigenvalue weighted by atomic mass is 79.9. The van der Waals surface area contributed by atoms with Crippen LogP contribution < -0.4 is 4.74 Å². The lowest BCUT2D eigenvalue weighted by atomic mass is 9.91. The first-order valence-corrected chi connectivity index (χ1v) is 7.23. The summed E-state index contributed by atoms with van der Waals surface area (Å²) in [5.74, 6) is 1.19. The van der Waals surface area contributed by atoms with E-state index in [1.54, 1.807) is 7.11 Å². The van der Waals surface area contributed by atoms with E-state index < -0.39 is 0 Å². The first-order chi connectivity index (χ1) is 8.56. The van der Waals surface area contributed by atoms with E-state index in [0.717, 1.165) is 39.8 Å². The maximum Gasteiger partial charge on any atom is 0.169 e. The molecule has 1 aromatic rings. The summed E-state index contributed by atoms with van der Waals surface area (Å²) in [6, 6.07) is 2.01. The molecule has 0 radical (unpaired) electrons. The number of carbonyl (C=O) groups is 1. The summed E-state index contributed by atoms with van der Waals surface area (Å²) in [4.78, 5) is 12.7. The smallest absolute Gasteiger partial charge is 0.169 e. The van der Waals surface area contributed by atoms with Gasteiger partial charge in [-0.2, -0.15) is 0 Å². The molecule has 2 rings (SSSR count). The maximum absolute atomic E-state index is 12.7. The Kier molecular flexibility index (Phi) is 4.10. The first kappa shape index (κ1) is 13.6. The Balaban J connectivity index is 2.50. The summed E-state index contributed by atoms with van der Waals surface area (Å²) in [5.41, 5.74) is 2.78. The Bertz CT molecular complexity index is 474. The van der Waals surface area contributed by atoms with E-state index in [-0.39, 0.29) is 11.7 Å². The van der Waals surface area contributed by atoms with Gasteiger partial charge in [0.15, 0.2) is 5.78 Å². The van der Waals surface area contributed by atoms with Gasteiger partial charge >= 0.3 is 0 Å². The Morgan fingerprint density at radius 3 is 2.50 bits per heavy atom. The fraction of sp³-hybridized carbons (Fsp3) is 0.533. The van der Waals surface area contributed by atoms with Crippen molar-refractivity contribution in [1.29, 1.82) is 0 Å². The zero-order valence-corrected chi connectivity index (χ0v) is 12.8. The Hall–Kier alpha value is -0.830. The van der Waals surface area contributed by atoms with Crippen molar-refractivity contribution >= 4 is 21.7 Å². The topological polar surface area (TPSA) is 26.3 Å². The third-order valence-electron chi connectivity index (χ3n) is 3.84. The van der Waals surface area contributed by atoms with Crippen LogP contribution in [0.15, 0.2) is 10.5 Å². The molecule has 0 aliphatic heterocycles. The molecule has 0 bridgehead atoms. The van der Waals surface area contributed by atoms with E-state index in [4.69, 9.17) is 4.74 Å². The molecule has 3 heteroatoms. The quantitative estimate of drug-likeness (QED) is 0.771. The van der Waals surface area contributed by atoms with Gasteiger partial charge in [-0.05, 0) is 43.9 Å². The molecular formula is C15H19BrO2. The van der Waals surface area contributed by atoms with Crippen LogP contribution in [0.2, 0.25) is 0 Å². The van der Waals surface area contributed by atoms with Gasteiger partial charge in [-0.25, -0.2) is 0 Å². The molecule has 0 N–H and O–H groups in total. The number of aryl methyl sites for hydroxylation is 1. The lowest BCUT2D eigenvalue weighted by molar-refractivity contribution is 0.0919. The third-order valence-corrected chi connectivity index (χ3v) is 4.66. The van der Waals surface area contributed by atoms with Crippen LogP contribution in [0.3, 0.4) is 0 Å². The monoisotopic (exact) mass is 310 g/mol. The highest BCUT2D eigenvalue weighted by Gasteiger charge is 2.28. The van der Waals surface area contributed by atoms with Crippen LogP contribution in [0.4, 0.5) is 0 Å².